The quantitative estimate of drug-likeness (QED) is 0.579. The number of halogens is 3. The van der Waals surface area contributed by atoms with E-state index in [1.807, 2.05) is 26.0 Å². The van der Waals surface area contributed by atoms with E-state index < -0.39 is 18.1 Å². The zero-order valence-electron chi connectivity index (χ0n) is 17.3. The molecule has 9 heteroatoms. The van der Waals surface area contributed by atoms with E-state index in [9.17, 15) is 18.0 Å². The number of likely N-dealkylation sites (tertiary alicyclic amines) is 1. The number of aromatic nitrogens is 3. The molecule has 1 fully saturated rings. The first-order chi connectivity index (χ1) is 14.6. The summed E-state index contributed by atoms with van der Waals surface area (Å²) in [6, 6.07) is 3.32. The Bertz CT molecular complexity index is 1190. The number of fused-ring (bicyclic) bond motifs is 5. The molecule has 6 nitrogen and oxygen atoms in total. The lowest BCUT2D eigenvalue weighted by Crippen LogP contribution is -2.61. The predicted octanol–water partition coefficient (Wildman–Crippen LogP) is 4.21. The second-order valence-corrected chi connectivity index (χ2v) is 8.76. The maximum Gasteiger partial charge on any atom is 0.471 e. The van der Waals surface area contributed by atoms with Crippen LogP contribution in [0.2, 0.25) is 0 Å². The maximum atomic E-state index is 13.1. The van der Waals surface area contributed by atoms with Gasteiger partial charge in [-0.2, -0.15) is 13.2 Å². The Balaban J connectivity index is 1.58. The third-order valence-electron chi connectivity index (χ3n) is 7.02. The molecule has 0 unspecified atom stereocenters. The number of piperidine rings is 1. The Hall–Kier alpha value is -2.97. The van der Waals surface area contributed by atoms with Crippen molar-refractivity contribution >= 4 is 17.0 Å². The van der Waals surface area contributed by atoms with Gasteiger partial charge in [0.15, 0.2) is 5.58 Å². The number of aryl methyl sites for hydroxylation is 1. The highest BCUT2D eigenvalue weighted by molar-refractivity contribution is 5.83. The maximum absolute atomic E-state index is 13.1. The van der Waals surface area contributed by atoms with E-state index in [4.69, 9.17) is 4.42 Å². The first kappa shape index (κ1) is 20.0. The van der Waals surface area contributed by atoms with Gasteiger partial charge in [0.25, 0.3) is 0 Å². The molecule has 1 amide bonds. The Kier molecular flexibility index (Phi) is 4.19. The average molecular weight is 430 g/mol. The minimum absolute atomic E-state index is 0.0853. The molecule has 1 aliphatic heterocycles. The molecule has 2 bridgehead atoms. The van der Waals surface area contributed by atoms with E-state index in [1.165, 1.54) is 0 Å². The number of amides is 1. The van der Waals surface area contributed by atoms with Gasteiger partial charge in [-0.3, -0.25) is 9.78 Å². The number of hydrogen-bond donors (Lipinski definition) is 0. The van der Waals surface area contributed by atoms with Crippen LogP contribution >= 0.6 is 0 Å². The van der Waals surface area contributed by atoms with Gasteiger partial charge in [-0.1, -0.05) is 13.8 Å². The van der Waals surface area contributed by atoms with E-state index in [1.54, 1.807) is 12.4 Å². The second kappa shape index (κ2) is 6.51. The smallest absolute Gasteiger partial charge is 0.435 e. The number of nitrogens with zero attached hydrogens (tertiary/aromatic N) is 4. The molecule has 31 heavy (non-hydrogen) atoms. The third kappa shape index (κ3) is 3.01. The van der Waals surface area contributed by atoms with Gasteiger partial charge < -0.3 is 9.32 Å². The van der Waals surface area contributed by atoms with Crippen molar-refractivity contribution in [3.63, 3.8) is 0 Å². The summed E-state index contributed by atoms with van der Waals surface area (Å²) in [5, 5.41) is 0. The molecule has 2 aliphatic rings. The van der Waals surface area contributed by atoms with Crippen molar-refractivity contribution in [2.24, 2.45) is 5.92 Å². The molecule has 0 N–H and O–H groups in total. The van der Waals surface area contributed by atoms with Gasteiger partial charge in [0.2, 0.25) is 5.89 Å². The van der Waals surface area contributed by atoms with Gasteiger partial charge >= 0.3 is 12.1 Å². The van der Waals surface area contributed by atoms with Crippen molar-refractivity contribution in [2.75, 3.05) is 6.54 Å². The Labute approximate surface area is 176 Å². The molecule has 0 spiro atoms. The van der Waals surface area contributed by atoms with E-state index in [2.05, 4.69) is 21.9 Å². The van der Waals surface area contributed by atoms with Crippen LogP contribution < -0.4 is 0 Å². The number of oxazole rings is 1. The number of alkyl halides is 3. The lowest BCUT2D eigenvalue weighted by Gasteiger charge is -2.54. The summed E-state index contributed by atoms with van der Waals surface area (Å²) in [5.74, 6) is -1.53. The van der Waals surface area contributed by atoms with Crippen LogP contribution in [0.1, 0.15) is 37.1 Å². The van der Waals surface area contributed by atoms with Gasteiger partial charge in [-0.05, 0) is 54.4 Å². The fourth-order valence-electron chi connectivity index (χ4n) is 5.08. The number of rotatable bonds is 1. The van der Waals surface area contributed by atoms with Crippen LogP contribution in [0.25, 0.3) is 22.7 Å². The van der Waals surface area contributed by atoms with Gasteiger partial charge in [-0.25, -0.2) is 9.97 Å². The lowest BCUT2D eigenvalue weighted by atomic mass is 9.59. The molecular formula is C22H21F3N4O2. The van der Waals surface area contributed by atoms with Gasteiger partial charge in [0.05, 0.1) is 11.9 Å². The van der Waals surface area contributed by atoms with Crippen molar-refractivity contribution in [3.8, 4) is 11.6 Å². The summed E-state index contributed by atoms with van der Waals surface area (Å²) in [7, 11) is 0. The average Bonchev–Trinajstić information content (AvgIpc) is 3.12. The molecule has 0 saturated carbocycles. The molecular weight excluding hydrogens is 409 g/mol. The third-order valence-corrected chi connectivity index (χ3v) is 7.02. The molecule has 3 heterocycles. The Morgan fingerprint density at radius 3 is 2.71 bits per heavy atom. The number of carbonyl (C=O) groups is 1. The van der Waals surface area contributed by atoms with Gasteiger partial charge in [0.1, 0.15) is 11.2 Å². The van der Waals surface area contributed by atoms with E-state index in [0.29, 0.717) is 35.5 Å². The molecule has 3 aromatic rings. The van der Waals surface area contributed by atoms with Gasteiger partial charge in [0, 0.05) is 18.8 Å². The lowest BCUT2D eigenvalue weighted by molar-refractivity contribution is -0.192. The van der Waals surface area contributed by atoms with Crippen molar-refractivity contribution < 1.29 is 22.4 Å². The number of benzene rings is 1. The van der Waals surface area contributed by atoms with Crippen LogP contribution in [0.3, 0.4) is 0 Å². The van der Waals surface area contributed by atoms with Gasteiger partial charge in [-0.15, -0.1) is 0 Å². The van der Waals surface area contributed by atoms with E-state index >= 15 is 0 Å². The molecule has 0 radical (unpaired) electrons. The zero-order valence-corrected chi connectivity index (χ0v) is 17.3. The molecule has 1 aliphatic carbocycles. The molecule has 162 valence electrons. The van der Waals surface area contributed by atoms with Crippen LogP contribution in [-0.4, -0.2) is 44.5 Å². The van der Waals surface area contributed by atoms with Crippen LogP contribution in [0.5, 0.6) is 0 Å². The number of carbonyl (C=O) groups excluding carboxylic acids is 1. The van der Waals surface area contributed by atoms with Crippen molar-refractivity contribution in [2.45, 2.75) is 51.2 Å². The molecule has 5 rings (SSSR count). The van der Waals surface area contributed by atoms with Crippen LogP contribution in [0.15, 0.2) is 28.9 Å². The first-order valence-electron chi connectivity index (χ1n) is 10.2. The van der Waals surface area contributed by atoms with Crippen molar-refractivity contribution in [3.05, 3.63) is 41.3 Å². The molecule has 1 aromatic carbocycles. The Morgan fingerprint density at radius 2 is 2.03 bits per heavy atom. The van der Waals surface area contributed by atoms with Crippen LogP contribution in [0, 0.1) is 12.8 Å². The normalized spacial score (nSPS) is 25.5. The summed E-state index contributed by atoms with van der Waals surface area (Å²) >= 11 is 0. The monoisotopic (exact) mass is 430 g/mol. The molecule has 3 atom stereocenters. The van der Waals surface area contributed by atoms with E-state index in [0.717, 1.165) is 21.7 Å². The standard InChI is InChI=1S/C22H21F3N4O2/c1-11-9-27-16(10-26-11)19-28-15-6-13-7-17-12(2)21(3,14(13)8-18(15)31-19)4-5-29(17)20(30)22(23,24)25/h6,8-10,12,17H,4-5,7H2,1-3H3/t12-,17-,21-/m1/s1. The molecule has 1 saturated heterocycles. The summed E-state index contributed by atoms with van der Waals surface area (Å²) < 4.78 is 45.4. The minimum atomic E-state index is -4.87. The first-order valence-corrected chi connectivity index (χ1v) is 10.2. The van der Waals surface area contributed by atoms with Crippen molar-refractivity contribution in [1.29, 1.82) is 0 Å². The highest BCUT2D eigenvalue weighted by Gasteiger charge is 2.54. The van der Waals surface area contributed by atoms with Crippen molar-refractivity contribution in [1.82, 2.24) is 19.9 Å². The highest BCUT2D eigenvalue weighted by Crippen LogP contribution is 2.50. The highest BCUT2D eigenvalue weighted by atomic mass is 19.4. The van der Waals surface area contributed by atoms with Crippen LogP contribution in [-0.2, 0) is 16.6 Å². The zero-order chi connectivity index (χ0) is 22.1. The second-order valence-electron chi connectivity index (χ2n) is 8.76. The largest absolute Gasteiger partial charge is 0.471 e. The fraction of sp³-hybridized carbons (Fsp3) is 0.455. The van der Waals surface area contributed by atoms with E-state index in [-0.39, 0.29) is 17.9 Å². The minimum Gasteiger partial charge on any atom is -0.435 e. The SMILES string of the molecule is Cc1cnc(-c2nc3cc4c(cc3o2)[C@]2(C)CCN(C(=O)C(F)(F)F)[C@H](C4)[C@H]2C)cn1. The predicted molar refractivity (Wildman–Crippen MR) is 106 cm³/mol. The molecule has 2 aromatic heterocycles. The summed E-state index contributed by atoms with van der Waals surface area (Å²) in [4.78, 5) is 26.1. The topological polar surface area (TPSA) is 72.1 Å². The number of hydrogen-bond acceptors (Lipinski definition) is 5. The summed E-state index contributed by atoms with van der Waals surface area (Å²) in [5.41, 5.74) is 4.12. The Morgan fingerprint density at radius 1 is 1.26 bits per heavy atom. The summed E-state index contributed by atoms with van der Waals surface area (Å²) in [6.45, 7) is 5.92. The fourth-order valence-corrected chi connectivity index (χ4v) is 5.08. The van der Waals surface area contributed by atoms with Crippen LogP contribution in [0.4, 0.5) is 13.2 Å². The summed E-state index contributed by atoms with van der Waals surface area (Å²) in [6.07, 6.45) is -0.829.